The van der Waals surface area contributed by atoms with Crippen LogP contribution in [0.2, 0.25) is 0 Å². The predicted molar refractivity (Wildman–Crippen MR) is 260 cm³/mol. The molecule has 0 aromatic heterocycles. The van der Waals surface area contributed by atoms with E-state index in [-0.39, 0.29) is 18.5 Å². The first-order valence-electron chi connectivity index (χ1n) is 26.3. The number of aliphatic hydroxyl groups is 5. The number of aliphatic hydroxyl groups excluding tert-OH is 5. The van der Waals surface area contributed by atoms with Crippen LogP contribution in [0.1, 0.15) is 226 Å². The van der Waals surface area contributed by atoms with Crippen LogP contribution < -0.4 is 5.32 Å². The maximum Gasteiger partial charge on any atom is 0.305 e. The molecule has 1 amide bonds. The molecule has 7 unspecified atom stereocenters. The molecule has 0 bridgehead atoms. The Kier molecular flexibility index (Phi) is 40.7. The molecule has 0 aromatic rings. The highest BCUT2D eigenvalue weighted by Gasteiger charge is 2.44. The van der Waals surface area contributed by atoms with Crippen molar-refractivity contribution in [1.29, 1.82) is 0 Å². The van der Waals surface area contributed by atoms with Gasteiger partial charge in [0.15, 0.2) is 6.29 Å². The molecule has 374 valence electrons. The van der Waals surface area contributed by atoms with E-state index < -0.39 is 49.5 Å². The zero-order chi connectivity index (χ0) is 46.7. The van der Waals surface area contributed by atoms with E-state index in [0.29, 0.717) is 25.9 Å². The van der Waals surface area contributed by atoms with Crippen molar-refractivity contribution < 1.29 is 49.3 Å². The topological polar surface area (TPSA) is 175 Å². The summed E-state index contributed by atoms with van der Waals surface area (Å²) in [7, 11) is 0. The smallest absolute Gasteiger partial charge is 0.305 e. The number of esters is 1. The van der Waals surface area contributed by atoms with Gasteiger partial charge in [-0.15, -0.1) is 0 Å². The van der Waals surface area contributed by atoms with Crippen molar-refractivity contribution in [3.8, 4) is 0 Å². The molecule has 0 spiro atoms. The second-order valence-electron chi connectivity index (χ2n) is 18.2. The van der Waals surface area contributed by atoms with Crippen molar-refractivity contribution in [2.45, 2.75) is 269 Å². The molecule has 1 heterocycles. The van der Waals surface area contributed by atoms with E-state index in [1.165, 1.54) is 103 Å². The van der Waals surface area contributed by atoms with Crippen LogP contribution in [0.3, 0.4) is 0 Å². The Balaban J connectivity index is 2.14. The molecule has 11 nitrogen and oxygen atoms in total. The van der Waals surface area contributed by atoms with E-state index in [4.69, 9.17) is 14.2 Å². The number of amides is 1. The first-order valence-corrected chi connectivity index (χ1v) is 26.3. The standard InChI is InChI=1S/C53H97NO10/c1-3-5-7-9-11-13-14-15-16-17-21-25-29-33-37-41-49(58)62-42-38-34-30-26-22-19-18-20-24-28-32-36-40-48(57)54-45(46(56)39-35-31-27-23-12-10-8-6-4-2)44-63-53-52(61)51(60)50(59)47(43-55)64-53/h12,19,22-23,35,39,45-47,50-53,55-56,59-61H,3-11,13-18,20-21,24-34,36-38,40-44H2,1-2H3,(H,54,57)/b22-19-,23-12+,39-35+. The molecule has 1 saturated heterocycles. The van der Waals surface area contributed by atoms with Crippen LogP contribution in [-0.4, -0.2) is 100 Å². The summed E-state index contributed by atoms with van der Waals surface area (Å²) in [5.41, 5.74) is 0. The lowest BCUT2D eigenvalue weighted by molar-refractivity contribution is -0.302. The molecule has 64 heavy (non-hydrogen) atoms. The zero-order valence-corrected chi connectivity index (χ0v) is 40.7. The Morgan fingerprint density at radius 3 is 1.58 bits per heavy atom. The Hall–Kier alpha value is -2.12. The highest BCUT2D eigenvalue weighted by molar-refractivity contribution is 5.76. The molecule has 1 rings (SSSR count). The molecule has 1 fully saturated rings. The summed E-state index contributed by atoms with van der Waals surface area (Å²) in [5, 5.41) is 54.0. The third-order valence-corrected chi connectivity index (χ3v) is 12.2. The predicted octanol–water partition coefficient (Wildman–Crippen LogP) is 10.8. The van der Waals surface area contributed by atoms with Gasteiger partial charge in [0.05, 0.1) is 32.0 Å². The van der Waals surface area contributed by atoms with Crippen LogP contribution in [0, 0.1) is 0 Å². The van der Waals surface area contributed by atoms with Gasteiger partial charge in [-0.3, -0.25) is 9.59 Å². The van der Waals surface area contributed by atoms with E-state index in [9.17, 15) is 35.1 Å². The summed E-state index contributed by atoms with van der Waals surface area (Å²) in [5.74, 6) is -0.267. The van der Waals surface area contributed by atoms with Crippen molar-refractivity contribution in [2.75, 3.05) is 19.8 Å². The molecule has 1 aliphatic rings. The van der Waals surface area contributed by atoms with Gasteiger partial charge in [0.2, 0.25) is 5.91 Å². The number of nitrogens with one attached hydrogen (secondary N) is 1. The quantitative estimate of drug-likeness (QED) is 0.0196. The molecule has 11 heteroatoms. The summed E-state index contributed by atoms with van der Waals surface area (Å²) in [4.78, 5) is 25.0. The second kappa shape index (κ2) is 43.5. The Labute approximate surface area is 390 Å². The van der Waals surface area contributed by atoms with Gasteiger partial charge in [0.25, 0.3) is 0 Å². The number of carbonyl (C=O) groups excluding carboxylic acids is 2. The Morgan fingerprint density at radius 2 is 1.02 bits per heavy atom. The molecular formula is C53H97NO10. The number of hydrogen-bond acceptors (Lipinski definition) is 10. The van der Waals surface area contributed by atoms with Crippen molar-refractivity contribution in [1.82, 2.24) is 5.32 Å². The fourth-order valence-corrected chi connectivity index (χ4v) is 7.97. The van der Waals surface area contributed by atoms with Gasteiger partial charge >= 0.3 is 5.97 Å². The van der Waals surface area contributed by atoms with Crippen molar-refractivity contribution >= 4 is 11.9 Å². The van der Waals surface area contributed by atoms with Crippen LogP contribution >= 0.6 is 0 Å². The average Bonchev–Trinajstić information content (AvgIpc) is 3.29. The van der Waals surface area contributed by atoms with Crippen LogP contribution in [0.15, 0.2) is 36.5 Å². The summed E-state index contributed by atoms with van der Waals surface area (Å²) < 4.78 is 16.6. The minimum absolute atomic E-state index is 0.0460. The maximum atomic E-state index is 12.9. The third-order valence-electron chi connectivity index (χ3n) is 12.2. The fourth-order valence-electron chi connectivity index (χ4n) is 7.97. The van der Waals surface area contributed by atoms with E-state index in [1.807, 2.05) is 6.08 Å². The number of ether oxygens (including phenoxy) is 3. The van der Waals surface area contributed by atoms with Gasteiger partial charge in [-0.2, -0.15) is 0 Å². The number of hydrogen-bond donors (Lipinski definition) is 6. The Morgan fingerprint density at radius 1 is 0.562 bits per heavy atom. The van der Waals surface area contributed by atoms with Crippen molar-refractivity contribution in [3.63, 3.8) is 0 Å². The van der Waals surface area contributed by atoms with E-state index in [2.05, 4.69) is 43.5 Å². The van der Waals surface area contributed by atoms with Gasteiger partial charge in [-0.05, 0) is 77.0 Å². The largest absolute Gasteiger partial charge is 0.466 e. The lowest BCUT2D eigenvalue weighted by atomic mass is 9.99. The Bertz CT molecular complexity index is 1160. The molecule has 1 aliphatic heterocycles. The maximum absolute atomic E-state index is 12.9. The van der Waals surface area contributed by atoms with Gasteiger partial charge < -0.3 is 45.1 Å². The first kappa shape index (κ1) is 59.9. The van der Waals surface area contributed by atoms with E-state index in [0.717, 1.165) is 89.9 Å². The SMILES string of the molecule is CCCCC/C=C/CC/C=C/C(O)C(COC1OC(CO)C(O)C(O)C1O)NC(=O)CCCCCCC/C=C\CCCCCOC(=O)CCCCCCCCCCCCCCCCC. The first-order chi connectivity index (χ1) is 31.2. The fraction of sp³-hybridized carbons (Fsp3) is 0.849. The van der Waals surface area contributed by atoms with E-state index >= 15 is 0 Å². The lowest BCUT2D eigenvalue weighted by Gasteiger charge is -2.40. The van der Waals surface area contributed by atoms with Crippen molar-refractivity contribution in [2.24, 2.45) is 0 Å². The molecule has 0 saturated carbocycles. The number of carbonyl (C=O) groups is 2. The summed E-state index contributed by atoms with van der Waals surface area (Å²) in [6.45, 7) is 4.18. The molecular weight excluding hydrogens is 811 g/mol. The molecule has 0 aliphatic carbocycles. The van der Waals surface area contributed by atoms with Gasteiger partial charge in [-0.1, -0.05) is 172 Å². The molecule has 0 aromatic carbocycles. The van der Waals surface area contributed by atoms with Gasteiger partial charge in [0.1, 0.15) is 24.4 Å². The summed E-state index contributed by atoms with van der Waals surface area (Å²) >= 11 is 0. The number of rotatable bonds is 44. The summed E-state index contributed by atoms with van der Waals surface area (Å²) in [6, 6.07) is -0.844. The van der Waals surface area contributed by atoms with Crippen LogP contribution in [0.5, 0.6) is 0 Å². The number of unbranched alkanes of at least 4 members (excludes halogenated alkanes) is 26. The third kappa shape index (κ3) is 33.4. The molecule has 0 radical (unpaired) electrons. The van der Waals surface area contributed by atoms with E-state index in [1.54, 1.807) is 6.08 Å². The highest BCUT2D eigenvalue weighted by Crippen LogP contribution is 2.23. The average molecular weight is 908 g/mol. The summed E-state index contributed by atoms with van der Waals surface area (Å²) in [6.07, 6.45) is 41.0. The lowest BCUT2D eigenvalue weighted by Crippen LogP contribution is -2.60. The van der Waals surface area contributed by atoms with Crippen LogP contribution in [0.4, 0.5) is 0 Å². The van der Waals surface area contributed by atoms with Crippen molar-refractivity contribution in [3.05, 3.63) is 36.5 Å². The highest BCUT2D eigenvalue weighted by atomic mass is 16.7. The minimum Gasteiger partial charge on any atom is -0.466 e. The molecule has 7 atom stereocenters. The van der Waals surface area contributed by atoms with Crippen LogP contribution in [-0.2, 0) is 23.8 Å². The second-order valence-corrected chi connectivity index (χ2v) is 18.2. The normalized spacial score (nSPS) is 20.1. The number of allylic oxidation sites excluding steroid dienone is 5. The van der Waals surface area contributed by atoms with Gasteiger partial charge in [0, 0.05) is 12.8 Å². The monoisotopic (exact) mass is 908 g/mol. The molecule has 6 N–H and O–H groups in total. The zero-order valence-electron chi connectivity index (χ0n) is 40.7. The van der Waals surface area contributed by atoms with Gasteiger partial charge in [-0.25, -0.2) is 0 Å². The van der Waals surface area contributed by atoms with Crippen LogP contribution in [0.25, 0.3) is 0 Å². The minimum atomic E-state index is -1.58.